The number of carbonyl (C=O) groups excluding carboxylic acids is 2. The van der Waals surface area contributed by atoms with Crippen molar-refractivity contribution in [1.82, 2.24) is 0 Å². The van der Waals surface area contributed by atoms with Gasteiger partial charge in [0.25, 0.3) is 0 Å². The SMILES string of the molecule is O=C(OCOC(=O)c1ccccc1)OC1CCOCC1. The highest BCUT2D eigenvalue weighted by Crippen LogP contribution is 2.11. The summed E-state index contributed by atoms with van der Waals surface area (Å²) in [5, 5.41) is 0. The maximum Gasteiger partial charge on any atom is 0.511 e. The summed E-state index contributed by atoms with van der Waals surface area (Å²) in [6.07, 6.45) is 0.275. The Morgan fingerprint density at radius 3 is 2.50 bits per heavy atom. The molecule has 0 saturated carbocycles. The van der Waals surface area contributed by atoms with Gasteiger partial charge in [-0.3, -0.25) is 0 Å². The van der Waals surface area contributed by atoms with E-state index in [1.807, 2.05) is 0 Å². The van der Waals surface area contributed by atoms with E-state index in [0.717, 1.165) is 0 Å². The van der Waals surface area contributed by atoms with Crippen molar-refractivity contribution in [2.45, 2.75) is 18.9 Å². The summed E-state index contributed by atoms with van der Waals surface area (Å²) in [5.74, 6) is -0.551. The van der Waals surface area contributed by atoms with Gasteiger partial charge in [0.05, 0.1) is 18.8 Å². The van der Waals surface area contributed by atoms with Crippen molar-refractivity contribution in [3.63, 3.8) is 0 Å². The third-order valence-electron chi connectivity index (χ3n) is 2.81. The van der Waals surface area contributed by atoms with Crippen molar-refractivity contribution in [2.24, 2.45) is 0 Å². The second-order valence-corrected chi connectivity index (χ2v) is 4.24. The Kier molecular flexibility index (Phi) is 5.37. The molecule has 0 N–H and O–H groups in total. The Morgan fingerprint density at radius 1 is 1.10 bits per heavy atom. The Labute approximate surface area is 116 Å². The van der Waals surface area contributed by atoms with Crippen molar-refractivity contribution < 1.29 is 28.5 Å². The van der Waals surface area contributed by atoms with E-state index in [9.17, 15) is 9.59 Å². The summed E-state index contributed by atoms with van der Waals surface area (Å²) >= 11 is 0. The van der Waals surface area contributed by atoms with E-state index in [1.165, 1.54) is 0 Å². The van der Waals surface area contributed by atoms with E-state index in [1.54, 1.807) is 30.3 Å². The summed E-state index contributed by atoms with van der Waals surface area (Å²) in [7, 11) is 0. The number of carbonyl (C=O) groups is 2. The van der Waals surface area contributed by atoms with Crippen LogP contribution in [0.1, 0.15) is 23.2 Å². The van der Waals surface area contributed by atoms with Crippen molar-refractivity contribution in [2.75, 3.05) is 20.0 Å². The van der Waals surface area contributed by atoms with E-state index in [-0.39, 0.29) is 6.10 Å². The minimum atomic E-state index is -0.835. The number of benzene rings is 1. The van der Waals surface area contributed by atoms with Gasteiger partial charge in [-0.15, -0.1) is 0 Å². The van der Waals surface area contributed by atoms with Crippen LogP contribution in [-0.4, -0.2) is 38.2 Å². The van der Waals surface area contributed by atoms with Crippen molar-refractivity contribution in [3.8, 4) is 0 Å². The molecule has 20 heavy (non-hydrogen) atoms. The highest BCUT2D eigenvalue weighted by molar-refractivity contribution is 5.89. The summed E-state index contributed by atoms with van der Waals surface area (Å²) in [6.45, 7) is 0.678. The number of ether oxygens (including phenoxy) is 4. The summed E-state index contributed by atoms with van der Waals surface area (Å²) < 4.78 is 19.7. The number of rotatable bonds is 4. The minimum absolute atomic E-state index is 0.193. The first-order valence-electron chi connectivity index (χ1n) is 6.39. The molecule has 0 spiro atoms. The number of esters is 1. The second-order valence-electron chi connectivity index (χ2n) is 4.24. The lowest BCUT2D eigenvalue weighted by Crippen LogP contribution is -2.27. The molecule has 1 aromatic rings. The first kappa shape index (κ1) is 14.3. The maximum atomic E-state index is 11.5. The van der Waals surface area contributed by atoms with Crippen LogP contribution in [0.3, 0.4) is 0 Å². The molecule has 1 aliphatic rings. The van der Waals surface area contributed by atoms with Crippen LogP contribution in [-0.2, 0) is 18.9 Å². The van der Waals surface area contributed by atoms with Crippen LogP contribution in [0.15, 0.2) is 30.3 Å². The van der Waals surface area contributed by atoms with Gasteiger partial charge in [-0.25, -0.2) is 9.59 Å². The van der Waals surface area contributed by atoms with Crippen LogP contribution >= 0.6 is 0 Å². The lowest BCUT2D eigenvalue weighted by atomic mass is 10.2. The average Bonchev–Trinajstić information content (AvgIpc) is 2.49. The molecular formula is C14H16O6. The van der Waals surface area contributed by atoms with Gasteiger partial charge < -0.3 is 18.9 Å². The van der Waals surface area contributed by atoms with Crippen LogP contribution in [0.4, 0.5) is 4.79 Å². The molecule has 6 heteroatoms. The summed E-state index contributed by atoms with van der Waals surface area (Å²) in [5.41, 5.74) is 0.397. The van der Waals surface area contributed by atoms with Crippen LogP contribution in [0.25, 0.3) is 0 Å². The fourth-order valence-electron chi connectivity index (χ4n) is 1.75. The smallest absolute Gasteiger partial charge is 0.431 e. The molecule has 1 aliphatic heterocycles. The molecule has 2 rings (SSSR count). The van der Waals surface area contributed by atoms with Crippen LogP contribution in [0.2, 0.25) is 0 Å². The highest BCUT2D eigenvalue weighted by atomic mass is 16.8. The van der Waals surface area contributed by atoms with E-state index in [0.29, 0.717) is 31.6 Å². The molecule has 0 atom stereocenters. The van der Waals surface area contributed by atoms with Crippen LogP contribution in [0, 0.1) is 0 Å². The zero-order chi connectivity index (χ0) is 14.2. The average molecular weight is 280 g/mol. The highest BCUT2D eigenvalue weighted by Gasteiger charge is 2.19. The maximum absolute atomic E-state index is 11.5. The molecule has 0 bridgehead atoms. The Balaban J connectivity index is 1.65. The molecule has 0 radical (unpaired) electrons. The van der Waals surface area contributed by atoms with Crippen molar-refractivity contribution >= 4 is 12.1 Å². The molecule has 1 fully saturated rings. The van der Waals surface area contributed by atoms with Gasteiger partial charge in [-0.2, -0.15) is 0 Å². The van der Waals surface area contributed by atoms with E-state index >= 15 is 0 Å². The Morgan fingerprint density at radius 2 is 1.80 bits per heavy atom. The molecule has 0 aromatic heterocycles. The fraction of sp³-hybridized carbons (Fsp3) is 0.429. The van der Waals surface area contributed by atoms with Crippen LogP contribution < -0.4 is 0 Å². The second kappa shape index (κ2) is 7.49. The fourth-order valence-corrected chi connectivity index (χ4v) is 1.75. The van der Waals surface area contributed by atoms with Gasteiger partial charge in [-0.1, -0.05) is 18.2 Å². The predicted octanol–water partition coefficient (Wildman–Crippen LogP) is 2.13. The summed E-state index contributed by atoms with van der Waals surface area (Å²) in [4.78, 5) is 22.9. The Hall–Kier alpha value is -2.08. The molecule has 6 nitrogen and oxygen atoms in total. The Bertz CT molecular complexity index is 438. The molecule has 1 heterocycles. The predicted molar refractivity (Wildman–Crippen MR) is 68.1 cm³/mol. The third kappa shape index (κ3) is 4.55. The van der Waals surface area contributed by atoms with Gasteiger partial charge in [0.15, 0.2) is 0 Å². The third-order valence-corrected chi connectivity index (χ3v) is 2.81. The molecule has 108 valence electrons. The van der Waals surface area contributed by atoms with Crippen molar-refractivity contribution in [3.05, 3.63) is 35.9 Å². The van der Waals surface area contributed by atoms with E-state index < -0.39 is 18.9 Å². The monoisotopic (exact) mass is 280 g/mol. The van der Waals surface area contributed by atoms with Gasteiger partial charge in [0.2, 0.25) is 6.79 Å². The van der Waals surface area contributed by atoms with Crippen LogP contribution in [0.5, 0.6) is 0 Å². The first-order valence-corrected chi connectivity index (χ1v) is 6.39. The van der Waals surface area contributed by atoms with Gasteiger partial charge in [0, 0.05) is 12.8 Å². The van der Waals surface area contributed by atoms with Crippen molar-refractivity contribution in [1.29, 1.82) is 0 Å². The van der Waals surface area contributed by atoms with Gasteiger partial charge in [0.1, 0.15) is 6.10 Å². The number of hydrogen-bond acceptors (Lipinski definition) is 6. The van der Waals surface area contributed by atoms with Gasteiger partial charge >= 0.3 is 12.1 Å². The first-order chi connectivity index (χ1) is 9.75. The molecule has 0 amide bonds. The lowest BCUT2D eigenvalue weighted by Gasteiger charge is -2.21. The van der Waals surface area contributed by atoms with E-state index in [2.05, 4.69) is 0 Å². The zero-order valence-electron chi connectivity index (χ0n) is 10.9. The lowest BCUT2D eigenvalue weighted by molar-refractivity contribution is -0.0573. The largest absolute Gasteiger partial charge is 0.511 e. The summed E-state index contributed by atoms with van der Waals surface area (Å²) in [6, 6.07) is 8.46. The quantitative estimate of drug-likeness (QED) is 0.621. The topological polar surface area (TPSA) is 71.1 Å². The van der Waals surface area contributed by atoms with Gasteiger partial charge in [-0.05, 0) is 12.1 Å². The molecule has 0 unspecified atom stereocenters. The number of hydrogen-bond donors (Lipinski definition) is 0. The van der Waals surface area contributed by atoms with E-state index in [4.69, 9.17) is 18.9 Å². The normalized spacial score (nSPS) is 15.4. The molecule has 0 aliphatic carbocycles. The standard InChI is InChI=1S/C14H16O6/c15-13(11-4-2-1-3-5-11)18-10-19-14(16)20-12-6-8-17-9-7-12/h1-5,12H,6-10H2. The zero-order valence-corrected chi connectivity index (χ0v) is 10.9. The molecular weight excluding hydrogens is 264 g/mol. The molecule has 1 aromatic carbocycles. The minimum Gasteiger partial charge on any atom is -0.431 e. The molecule has 1 saturated heterocycles.